The van der Waals surface area contributed by atoms with Crippen LogP contribution in [0.5, 0.6) is 0 Å². The molecule has 0 bridgehead atoms. The van der Waals surface area contributed by atoms with E-state index in [4.69, 9.17) is 26.5 Å². The van der Waals surface area contributed by atoms with Crippen molar-refractivity contribution in [3.63, 3.8) is 0 Å². The summed E-state index contributed by atoms with van der Waals surface area (Å²) in [5.41, 5.74) is 7.10. The summed E-state index contributed by atoms with van der Waals surface area (Å²) in [5.74, 6) is 0.0358. The Morgan fingerprint density at radius 3 is 2.78 bits per heavy atom. The fraction of sp³-hybridized carbons (Fsp3) is 0.474. The van der Waals surface area contributed by atoms with Gasteiger partial charge in [-0.25, -0.2) is 4.79 Å². The number of hydrogen-bond donors (Lipinski definition) is 2. The van der Waals surface area contributed by atoms with E-state index in [-0.39, 0.29) is 18.0 Å². The Hall–Kier alpha value is -2.41. The number of carbonyl (C=O) groups excluding carboxylic acids is 2. The first kappa shape index (κ1) is 19.4. The van der Waals surface area contributed by atoms with Crippen LogP contribution in [0, 0.1) is 5.92 Å². The third kappa shape index (κ3) is 4.30. The number of halogens is 1. The molecule has 146 valence electrons. The maximum Gasteiger partial charge on any atom is 0.409 e. The Balaban J connectivity index is 1.60. The molecular weight excluding hydrogens is 370 g/mol. The number of fused-ring (bicyclic) bond motifs is 1. The molecule has 2 amide bonds. The lowest BCUT2D eigenvalue weighted by molar-refractivity contribution is 0.0786. The van der Waals surface area contributed by atoms with Gasteiger partial charge in [-0.1, -0.05) is 25.4 Å². The summed E-state index contributed by atoms with van der Waals surface area (Å²) in [7, 11) is 0. The highest BCUT2D eigenvalue weighted by molar-refractivity contribution is 6.35. The molecule has 0 atom stereocenters. The predicted molar refractivity (Wildman–Crippen MR) is 104 cm³/mol. The van der Waals surface area contributed by atoms with Crippen molar-refractivity contribution in [3.05, 3.63) is 29.0 Å². The molecule has 0 saturated carbocycles. The van der Waals surface area contributed by atoms with Gasteiger partial charge in [-0.05, 0) is 30.9 Å². The minimum Gasteiger partial charge on any atom is -0.463 e. The molecule has 0 spiro atoms. The number of nitrogens with zero attached hydrogens (tertiary/aromatic N) is 1. The summed E-state index contributed by atoms with van der Waals surface area (Å²) >= 11 is 6.14. The first-order chi connectivity index (χ1) is 12.9. The summed E-state index contributed by atoms with van der Waals surface area (Å²) in [6.07, 6.45) is 2.50. The van der Waals surface area contributed by atoms with E-state index in [1.54, 1.807) is 11.0 Å². The van der Waals surface area contributed by atoms with Crippen molar-refractivity contribution in [1.29, 1.82) is 0 Å². The fourth-order valence-electron chi connectivity index (χ4n) is 3.10. The number of hydrogen-bond acceptors (Lipinski definition) is 5. The molecule has 7 nitrogen and oxygen atoms in total. The average molecular weight is 394 g/mol. The monoisotopic (exact) mass is 393 g/mol. The van der Waals surface area contributed by atoms with E-state index in [0.29, 0.717) is 65.7 Å². The van der Waals surface area contributed by atoms with Crippen LogP contribution in [-0.4, -0.2) is 42.6 Å². The molecule has 2 heterocycles. The lowest BCUT2D eigenvalue weighted by atomic mass is 10.0. The number of anilines is 1. The van der Waals surface area contributed by atoms with Crippen molar-refractivity contribution < 1.29 is 18.7 Å². The third-order valence-corrected chi connectivity index (χ3v) is 4.91. The highest BCUT2D eigenvalue weighted by atomic mass is 35.5. The van der Waals surface area contributed by atoms with Crippen LogP contribution in [0.15, 0.2) is 22.8 Å². The maximum atomic E-state index is 12.7. The summed E-state index contributed by atoms with van der Waals surface area (Å²) < 4.78 is 10.7. The number of nitrogen functional groups attached to an aromatic ring is 1. The zero-order valence-corrected chi connectivity index (χ0v) is 16.2. The summed E-state index contributed by atoms with van der Waals surface area (Å²) in [4.78, 5) is 26.4. The molecule has 1 aliphatic heterocycles. The zero-order valence-electron chi connectivity index (χ0n) is 15.5. The van der Waals surface area contributed by atoms with Gasteiger partial charge in [0.1, 0.15) is 5.58 Å². The number of nitrogens with one attached hydrogen (secondary N) is 1. The van der Waals surface area contributed by atoms with Crippen LogP contribution in [0.2, 0.25) is 5.02 Å². The van der Waals surface area contributed by atoms with Gasteiger partial charge < -0.3 is 25.1 Å². The minimum absolute atomic E-state index is 0.0343. The normalized spacial score (nSPS) is 15.3. The molecule has 1 aliphatic rings. The molecular formula is C19H24ClN3O4. The predicted octanol–water partition coefficient (Wildman–Crippen LogP) is 3.66. The molecule has 27 heavy (non-hydrogen) atoms. The van der Waals surface area contributed by atoms with Gasteiger partial charge in [0.2, 0.25) is 0 Å². The molecule has 3 rings (SSSR count). The van der Waals surface area contributed by atoms with E-state index < -0.39 is 0 Å². The smallest absolute Gasteiger partial charge is 0.409 e. The quantitative estimate of drug-likeness (QED) is 0.772. The summed E-state index contributed by atoms with van der Waals surface area (Å²) in [6, 6.07) is 3.18. The first-order valence-electron chi connectivity index (χ1n) is 9.04. The van der Waals surface area contributed by atoms with Crippen LogP contribution in [0.1, 0.15) is 37.0 Å². The molecule has 3 N–H and O–H groups in total. The van der Waals surface area contributed by atoms with Crippen LogP contribution in [0.25, 0.3) is 11.0 Å². The number of likely N-dealkylation sites (tertiary alicyclic amines) is 1. The van der Waals surface area contributed by atoms with E-state index in [1.807, 2.05) is 13.8 Å². The van der Waals surface area contributed by atoms with Crippen molar-refractivity contribution in [3.8, 4) is 0 Å². The highest BCUT2D eigenvalue weighted by Crippen LogP contribution is 2.32. The van der Waals surface area contributed by atoms with E-state index >= 15 is 0 Å². The molecule has 8 heteroatoms. The second kappa shape index (κ2) is 8.08. The topological polar surface area (TPSA) is 97.8 Å². The molecule has 0 radical (unpaired) electrons. The Morgan fingerprint density at radius 2 is 2.11 bits per heavy atom. The van der Waals surface area contributed by atoms with Gasteiger partial charge in [0.25, 0.3) is 5.91 Å². The van der Waals surface area contributed by atoms with E-state index in [0.717, 1.165) is 0 Å². The largest absolute Gasteiger partial charge is 0.463 e. The molecule has 1 saturated heterocycles. The molecule has 1 aromatic heterocycles. The highest BCUT2D eigenvalue weighted by Gasteiger charge is 2.26. The number of benzene rings is 1. The number of furan rings is 1. The van der Waals surface area contributed by atoms with Crippen molar-refractivity contribution in [2.45, 2.75) is 32.7 Å². The van der Waals surface area contributed by atoms with Gasteiger partial charge in [-0.3, -0.25) is 4.79 Å². The Bertz CT molecular complexity index is 841. The molecule has 0 aliphatic carbocycles. The van der Waals surface area contributed by atoms with Crippen LogP contribution < -0.4 is 11.1 Å². The van der Waals surface area contributed by atoms with Crippen LogP contribution in [-0.2, 0) is 4.74 Å². The van der Waals surface area contributed by atoms with Gasteiger partial charge in [0.05, 0.1) is 29.1 Å². The van der Waals surface area contributed by atoms with E-state index in [1.165, 1.54) is 12.3 Å². The molecule has 2 aromatic rings. The average Bonchev–Trinajstić information content (AvgIpc) is 3.13. The number of piperidine rings is 1. The van der Waals surface area contributed by atoms with Crippen LogP contribution >= 0.6 is 11.6 Å². The van der Waals surface area contributed by atoms with Crippen molar-refractivity contribution in [1.82, 2.24) is 10.2 Å². The second-order valence-electron chi connectivity index (χ2n) is 7.19. The maximum absolute atomic E-state index is 12.7. The summed E-state index contributed by atoms with van der Waals surface area (Å²) in [5, 5.41) is 3.93. The van der Waals surface area contributed by atoms with E-state index in [9.17, 15) is 9.59 Å². The van der Waals surface area contributed by atoms with Gasteiger partial charge in [0.15, 0.2) is 0 Å². The van der Waals surface area contributed by atoms with Gasteiger partial charge in [-0.2, -0.15) is 0 Å². The Morgan fingerprint density at radius 1 is 1.41 bits per heavy atom. The number of nitrogens with two attached hydrogens (primary N) is 1. The van der Waals surface area contributed by atoms with Crippen LogP contribution in [0.3, 0.4) is 0 Å². The zero-order chi connectivity index (χ0) is 19.6. The van der Waals surface area contributed by atoms with Gasteiger partial charge >= 0.3 is 6.09 Å². The van der Waals surface area contributed by atoms with E-state index in [2.05, 4.69) is 5.32 Å². The molecule has 1 fully saturated rings. The second-order valence-corrected chi connectivity index (χ2v) is 7.60. The van der Waals surface area contributed by atoms with Gasteiger partial charge in [0, 0.05) is 24.5 Å². The van der Waals surface area contributed by atoms with Crippen molar-refractivity contribution in [2.75, 3.05) is 25.4 Å². The summed E-state index contributed by atoms with van der Waals surface area (Å²) in [6.45, 7) is 5.48. The standard InChI is InChI=1S/C19H24ClN3O4/c1-11(2)10-27-19(25)23-6-3-12(4-7-23)22-18(24)14-9-15(20)16(21)13-5-8-26-17(13)14/h5,8-9,11-12H,3-4,6-7,10,21H2,1-2H3,(H,22,24). The van der Waals surface area contributed by atoms with Gasteiger partial charge in [-0.15, -0.1) is 0 Å². The number of amides is 2. The molecule has 0 unspecified atom stereocenters. The Labute approximate surface area is 162 Å². The number of rotatable bonds is 4. The number of ether oxygens (including phenoxy) is 1. The first-order valence-corrected chi connectivity index (χ1v) is 9.42. The lowest BCUT2D eigenvalue weighted by Gasteiger charge is -2.31. The third-order valence-electron chi connectivity index (χ3n) is 4.60. The Kier molecular flexibility index (Phi) is 5.79. The SMILES string of the molecule is CC(C)COC(=O)N1CCC(NC(=O)c2cc(Cl)c(N)c3ccoc23)CC1. The molecule has 1 aromatic carbocycles. The minimum atomic E-state index is -0.295. The number of carbonyl (C=O) groups is 2. The van der Waals surface area contributed by atoms with Crippen molar-refractivity contribution in [2.24, 2.45) is 5.92 Å². The lowest BCUT2D eigenvalue weighted by Crippen LogP contribution is -2.46. The fourth-order valence-corrected chi connectivity index (χ4v) is 3.31. The van der Waals surface area contributed by atoms with Crippen molar-refractivity contribution >= 4 is 40.3 Å². The van der Waals surface area contributed by atoms with Crippen LogP contribution in [0.4, 0.5) is 10.5 Å².